The summed E-state index contributed by atoms with van der Waals surface area (Å²) in [7, 11) is 1.64. The molecule has 1 saturated heterocycles. The van der Waals surface area contributed by atoms with E-state index in [0.29, 0.717) is 19.7 Å². The van der Waals surface area contributed by atoms with Gasteiger partial charge in [0.25, 0.3) is 0 Å². The van der Waals surface area contributed by atoms with Crippen molar-refractivity contribution in [3.8, 4) is 5.75 Å². The number of hydrogen-bond acceptors (Lipinski definition) is 4. The second-order valence-electron chi connectivity index (χ2n) is 8.16. The summed E-state index contributed by atoms with van der Waals surface area (Å²) >= 11 is 0. The van der Waals surface area contributed by atoms with Crippen molar-refractivity contribution in [2.75, 3.05) is 32.1 Å². The fraction of sp³-hybridized carbons (Fsp3) is 0.458. The molecule has 1 atom stereocenters. The van der Waals surface area contributed by atoms with Crippen molar-refractivity contribution in [3.05, 3.63) is 59.9 Å². The summed E-state index contributed by atoms with van der Waals surface area (Å²) in [5.74, 6) is 0.653. The van der Waals surface area contributed by atoms with Crippen LogP contribution in [0, 0.1) is 5.82 Å². The molecule has 1 amide bonds. The number of benzene rings is 2. The van der Waals surface area contributed by atoms with E-state index in [-0.39, 0.29) is 17.8 Å². The number of ether oxygens (including phenoxy) is 2. The van der Waals surface area contributed by atoms with Crippen LogP contribution >= 0.6 is 0 Å². The van der Waals surface area contributed by atoms with Crippen molar-refractivity contribution in [2.45, 2.75) is 43.7 Å². The number of nitrogens with one attached hydrogen (secondary N) is 1. The van der Waals surface area contributed by atoms with Crippen molar-refractivity contribution in [2.24, 2.45) is 0 Å². The van der Waals surface area contributed by atoms with Crippen LogP contribution in [0.1, 0.15) is 43.8 Å². The summed E-state index contributed by atoms with van der Waals surface area (Å²) in [6.45, 7) is 1.53. The molecular formula is C24H29FN2O3. The number of nitrogens with zero attached hydrogens (tertiary/aromatic N) is 1. The minimum absolute atomic E-state index is 0.133. The zero-order chi connectivity index (χ0) is 21.0. The zero-order valence-electron chi connectivity index (χ0n) is 17.4. The van der Waals surface area contributed by atoms with Gasteiger partial charge in [-0.25, -0.2) is 4.39 Å². The lowest BCUT2D eigenvalue weighted by molar-refractivity contribution is -0.145. The molecule has 4 rings (SSSR count). The van der Waals surface area contributed by atoms with Crippen LogP contribution in [0.25, 0.3) is 0 Å². The Morgan fingerprint density at radius 3 is 2.47 bits per heavy atom. The molecule has 1 N–H and O–H groups in total. The van der Waals surface area contributed by atoms with Crippen LogP contribution in [0.5, 0.6) is 5.75 Å². The fourth-order valence-electron chi connectivity index (χ4n) is 4.51. The van der Waals surface area contributed by atoms with Gasteiger partial charge in [0.15, 0.2) is 0 Å². The number of carbonyl (C=O) groups is 1. The van der Waals surface area contributed by atoms with Gasteiger partial charge in [0.05, 0.1) is 20.3 Å². The average molecular weight is 413 g/mol. The number of halogens is 1. The topological polar surface area (TPSA) is 50.8 Å². The maximum atomic E-state index is 13.8. The second-order valence-corrected chi connectivity index (χ2v) is 8.16. The Morgan fingerprint density at radius 2 is 1.80 bits per heavy atom. The molecule has 1 aliphatic carbocycles. The molecular weight excluding hydrogens is 383 g/mol. The Balaban J connectivity index is 1.52. The van der Waals surface area contributed by atoms with Crippen LogP contribution in [0.15, 0.2) is 48.5 Å². The van der Waals surface area contributed by atoms with Crippen LogP contribution in [0.2, 0.25) is 0 Å². The third kappa shape index (κ3) is 4.43. The lowest BCUT2D eigenvalue weighted by Crippen LogP contribution is -2.57. The molecule has 2 fully saturated rings. The molecule has 2 aliphatic rings. The van der Waals surface area contributed by atoms with Crippen molar-refractivity contribution in [1.29, 1.82) is 0 Å². The molecule has 1 heterocycles. The van der Waals surface area contributed by atoms with Crippen molar-refractivity contribution in [1.82, 2.24) is 4.90 Å². The lowest BCUT2D eigenvalue weighted by Gasteiger charge is -2.43. The van der Waals surface area contributed by atoms with Crippen molar-refractivity contribution >= 4 is 11.6 Å². The van der Waals surface area contributed by atoms with Crippen LogP contribution in [-0.2, 0) is 9.53 Å². The van der Waals surface area contributed by atoms with Gasteiger partial charge in [-0.1, -0.05) is 31.4 Å². The number of carbonyl (C=O) groups excluding carboxylic acids is 1. The average Bonchev–Trinajstić information content (AvgIpc) is 2.80. The van der Waals surface area contributed by atoms with Crippen molar-refractivity contribution in [3.63, 3.8) is 0 Å². The Hall–Kier alpha value is -2.60. The van der Waals surface area contributed by atoms with E-state index in [0.717, 1.165) is 49.1 Å². The highest BCUT2D eigenvalue weighted by molar-refractivity contribution is 5.89. The highest BCUT2D eigenvalue weighted by Crippen LogP contribution is 2.35. The van der Waals surface area contributed by atoms with E-state index in [9.17, 15) is 9.18 Å². The first-order chi connectivity index (χ1) is 14.6. The maximum Gasteiger partial charge on any atom is 0.248 e. The molecule has 0 radical (unpaired) electrons. The highest BCUT2D eigenvalue weighted by Gasteiger charge is 2.43. The minimum Gasteiger partial charge on any atom is -0.497 e. The number of hydrogen-bond donors (Lipinski definition) is 1. The SMILES string of the molecule is COc1ccc(NC2(C(=O)N3CCOC(c4ccc(F)cc4)C3)CCCCC2)cc1. The third-order valence-electron chi connectivity index (χ3n) is 6.19. The summed E-state index contributed by atoms with van der Waals surface area (Å²) in [6, 6.07) is 14.1. The Morgan fingerprint density at radius 1 is 1.10 bits per heavy atom. The van der Waals surface area contributed by atoms with Gasteiger partial charge in [-0.3, -0.25) is 4.79 Å². The minimum atomic E-state index is -0.600. The fourth-order valence-corrected chi connectivity index (χ4v) is 4.51. The van der Waals surface area contributed by atoms with Gasteiger partial charge >= 0.3 is 0 Å². The molecule has 0 bridgehead atoms. The quantitative estimate of drug-likeness (QED) is 0.783. The molecule has 0 aromatic heterocycles. The summed E-state index contributed by atoms with van der Waals surface area (Å²) in [6.07, 6.45) is 4.61. The molecule has 0 spiro atoms. The zero-order valence-corrected chi connectivity index (χ0v) is 17.4. The van der Waals surface area contributed by atoms with Crippen LogP contribution in [-0.4, -0.2) is 43.2 Å². The summed E-state index contributed by atoms with van der Waals surface area (Å²) in [5, 5.41) is 3.57. The molecule has 1 unspecified atom stereocenters. The van der Waals surface area contributed by atoms with E-state index in [1.54, 1.807) is 19.2 Å². The molecule has 5 nitrogen and oxygen atoms in total. The van der Waals surface area contributed by atoms with Gasteiger partial charge in [-0.15, -0.1) is 0 Å². The first-order valence-electron chi connectivity index (χ1n) is 10.7. The first-order valence-corrected chi connectivity index (χ1v) is 10.7. The number of rotatable bonds is 5. The van der Waals surface area contributed by atoms with E-state index < -0.39 is 5.54 Å². The largest absolute Gasteiger partial charge is 0.497 e. The predicted molar refractivity (Wildman–Crippen MR) is 114 cm³/mol. The Labute approximate surface area is 177 Å². The van der Waals surface area contributed by atoms with E-state index in [1.165, 1.54) is 12.1 Å². The van der Waals surface area contributed by atoms with Gasteiger partial charge in [0.2, 0.25) is 5.91 Å². The Kier molecular flexibility index (Phi) is 6.23. The van der Waals surface area contributed by atoms with Gasteiger partial charge in [-0.05, 0) is 54.8 Å². The van der Waals surface area contributed by atoms with Gasteiger partial charge < -0.3 is 19.7 Å². The normalized spacial score (nSPS) is 21.1. The van der Waals surface area contributed by atoms with E-state index in [1.807, 2.05) is 29.2 Å². The number of anilines is 1. The monoisotopic (exact) mass is 412 g/mol. The molecule has 1 saturated carbocycles. The molecule has 2 aromatic rings. The first kappa shape index (κ1) is 20.7. The predicted octanol–water partition coefficient (Wildman–Crippen LogP) is 4.55. The number of morpholine rings is 1. The van der Waals surface area contributed by atoms with Gasteiger partial charge in [0, 0.05) is 12.2 Å². The Bertz CT molecular complexity index is 848. The van der Waals surface area contributed by atoms with E-state index in [4.69, 9.17) is 9.47 Å². The standard InChI is InChI=1S/C24H29FN2O3/c1-29-21-11-9-20(10-12-21)26-24(13-3-2-4-14-24)23(28)27-15-16-30-22(17-27)18-5-7-19(25)8-6-18/h5-12,22,26H,2-4,13-17H2,1H3. The van der Waals surface area contributed by atoms with Crippen LogP contribution in [0.4, 0.5) is 10.1 Å². The smallest absolute Gasteiger partial charge is 0.248 e. The van der Waals surface area contributed by atoms with Crippen molar-refractivity contribution < 1.29 is 18.7 Å². The molecule has 2 aromatic carbocycles. The second kappa shape index (κ2) is 9.04. The van der Waals surface area contributed by atoms with Crippen LogP contribution < -0.4 is 10.1 Å². The molecule has 160 valence electrons. The molecule has 30 heavy (non-hydrogen) atoms. The number of amides is 1. The van der Waals surface area contributed by atoms with E-state index >= 15 is 0 Å². The van der Waals surface area contributed by atoms with Gasteiger partial charge in [0.1, 0.15) is 23.2 Å². The molecule has 1 aliphatic heterocycles. The number of methoxy groups -OCH3 is 1. The van der Waals surface area contributed by atoms with Crippen LogP contribution in [0.3, 0.4) is 0 Å². The summed E-state index contributed by atoms with van der Waals surface area (Å²) in [5.41, 5.74) is 1.22. The third-order valence-corrected chi connectivity index (χ3v) is 6.19. The highest BCUT2D eigenvalue weighted by atomic mass is 19.1. The van der Waals surface area contributed by atoms with E-state index in [2.05, 4.69) is 5.32 Å². The molecule has 6 heteroatoms. The van der Waals surface area contributed by atoms with Gasteiger partial charge in [-0.2, -0.15) is 0 Å². The maximum absolute atomic E-state index is 13.8. The summed E-state index contributed by atoms with van der Waals surface area (Å²) < 4.78 is 24.4. The summed E-state index contributed by atoms with van der Waals surface area (Å²) in [4.78, 5) is 15.7. The lowest BCUT2D eigenvalue weighted by atomic mass is 9.80.